The van der Waals surface area contributed by atoms with E-state index in [9.17, 15) is 9.59 Å². The van der Waals surface area contributed by atoms with Crippen molar-refractivity contribution in [1.82, 2.24) is 9.88 Å². The second-order valence-electron chi connectivity index (χ2n) is 7.39. The number of aromatic nitrogens is 1. The van der Waals surface area contributed by atoms with Crippen LogP contribution < -0.4 is 5.32 Å². The maximum atomic E-state index is 12.6. The van der Waals surface area contributed by atoms with Crippen LogP contribution in [-0.4, -0.2) is 34.8 Å². The van der Waals surface area contributed by atoms with Gasteiger partial charge in [-0.2, -0.15) is 0 Å². The van der Waals surface area contributed by atoms with Crippen LogP contribution in [0.15, 0.2) is 60.8 Å². The molecule has 0 spiro atoms. The molecule has 0 saturated carbocycles. The lowest BCUT2D eigenvalue weighted by Gasteiger charge is -2.30. The van der Waals surface area contributed by atoms with E-state index in [2.05, 4.69) is 17.2 Å². The van der Waals surface area contributed by atoms with Gasteiger partial charge >= 0.3 is 0 Å². The van der Waals surface area contributed by atoms with Gasteiger partial charge in [0, 0.05) is 35.8 Å². The number of hydrogen-bond acceptors (Lipinski definition) is 3. The highest BCUT2D eigenvalue weighted by Gasteiger charge is 2.21. The number of hydrogen-bond donors (Lipinski definition) is 1. The number of piperidine rings is 1. The van der Waals surface area contributed by atoms with E-state index in [1.54, 1.807) is 30.5 Å². The van der Waals surface area contributed by atoms with Gasteiger partial charge in [0.05, 0.1) is 11.2 Å². The molecule has 142 valence electrons. The van der Waals surface area contributed by atoms with Crippen LogP contribution in [-0.2, 0) is 0 Å². The lowest BCUT2D eigenvalue weighted by molar-refractivity contribution is 0.0697. The highest BCUT2D eigenvalue weighted by atomic mass is 16.2. The SMILES string of the molecule is CC1CCN(C(=O)c2ccc(C(=O)Nc3cccc4cccnc34)cc2)CC1. The molecule has 2 amide bonds. The van der Waals surface area contributed by atoms with Gasteiger partial charge in [0.15, 0.2) is 0 Å². The summed E-state index contributed by atoms with van der Waals surface area (Å²) in [6.45, 7) is 3.83. The van der Waals surface area contributed by atoms with Crippen molar-refractivity contribution < 1.29 is 9.59 Å². The van der Waals surface area contributed by atoms with E-state index in [1.807, 2.05) is 35.2 Å². The van der Waals surface area contributed by atoms with E-state index in [0.29, 0.717) is 22.7 Å². The minimum absolute atomic E-state index is 0.0390. The van der Waals surface area contributed by atoms with Crippen LogP contribution in [0.3, 0.4) is 0 Å². The number of pyridine rings is 1. The Morgan fingerprint density at radius 3 is 2.39 bits per heavy atom. The molecule has 0 radical (unpaired) electrons. The summed E-state index contributed by atoms with van der Waals surface area (Å²) < 4.78 is 0. The minimum atomic E-state index is -0.219. The number of amides is 2. The molecular formula is C23H23N3O2. The third kappa shape index (κ3) is 3.74. The summed E-state index contributed by atoms with van der Waals surface area (Å²) in [6, 6.07) is 16.4. The smallest absolute Gasteiger partial charge is 0.255 e. The molecule has 1 fully saturated rings. The van der Waals surface area contributed by atoms with Gasteiger partial charge in [0.25, 0.3) is 11.8 Å². The summed E-state index contributed by atoms with van der Waals surface area (Å²) in [5.41, 5.74) is 2.56. The Kier molecular flexibility index (Phi) is 5.06. The van der Waals surface area contributed by atoms with Crippen molar-refractivity contribution in [3.8, 4) is 0 Å². The second-order valence-corrected chi connectivity index (χ2v) is 7.39. The van der Waals surface area contributed by atoms with Gasteiger partial charge in [-0.3, -0.25) is 14.6 Å². The number of carbonyl (C=O) groups is 2. The molecule has 0 aliphatic carbocycles. The quantitative estimate of drug-likeness (QED) is 0.742. The van der Waals surface area contributed by atoms with Gasteiger partial charge in [-0.15, -0.1) is 0 Å². The van der Waals surface area contributed by atoms with E-state index in [4.69, 9.17) is 0 Å². The van der Waals surface area contributed by atoms with Crippen LogP contribution in [0.1, 0.15) is 40.5 Å². The number of likely N-dealkylation sites (tertiary alicyclic amines) is 1. The van der Waals surface area contributed by atoms with Crippen LogP contribution >= 0.6 is 0 Å². The predicted molar refractivity (Wildman–Crippen MR) is 110 cm³/mol. The number of anilines is 1. The maximum Gasteiger partial charge on any atom is 0.255 e. The van der Waals surface area contributed by atoms with Gasteiger partial charge < -0.3 is 10.2 Å². The Balaban J connectivity index is 1.47. The van der Waals surface area contributed by atoms with Crippen molar-refractivity contribution in [1.29, 1.82) is 0 Å². The van der Waals surface area contributed by atoms with Crippen molar-refractivity contribution in [2.75, 3.05) is 18.4 Å². The van der Waals surface area contributed by atoms with Gasteiger partial charge in [0.2, 0.25) is 0 Å². The van der Waals surface area contributed by atoms with Crippen LogP contribution in [0, 0.1) is 5.92 Å². The molecule has 5 heteroatoms. The summed E-state index contributed by atoms with van der Waals surface area (Å²) in [5, 5.41) is 3.89. The second kappa shape index (κ2) is 7.80. The summed E-state index contributed by atoms with van der Waals surface area (Å²) >= 11 is 0. The van der Waals surface area contributed by atoms with Gasteiger partial charge in [0.1, 0.15) is 0 Å². The van der Waals surface area contributed by atoms with E-state index in [1.165, 1.54) is 0 Å². The molecule has 2 aromatic carbocycles. The summed E-state index contributed by atoms with van der Waals surface area (Å²) in [7, 11) is 0. The van der Waals surface area contributed by atoms with Crippen molar-refractivity contribution >= 4 is 28.4 Å². The number of para-hydroxylation sites is 1. The molecule has 3 aromatic rings. The predicted octanol–water partition coefficient (Wildman–Crippen LogP) is 4.36. The monoisotopic (exact) mass is 373 g/mol. The van der Waals surface area contributed by atoms with Crippen molar-refractivity contribution in [3.63, 3.8) is 0 Å². The van der Waals surface area contributed by atoms with E-state index >= 15 is 0 Å². The minimum Gasteiger partial charge on any atom is -0.339 e. The van der Waals surface area contributed by atoms with E-state index in [0.717, 1.165) is 36.8 Å². The summed E-state index contributed by atoms with van der Waals surface area (Å²) in [4.78, 5) is 31.5. The van der Waals surface area contributed by atoms with Gasteiger partial charge in [-0.05, 0) is 55.2 Å². The molecule has 1 N–H and O–H groups in total. The van der Waals surface area contributed by atoms with Crippen LogP contribution in [0.25, 0.3) is 10.9 Å². The summed E-state index contributed by atoms with van der Waals surface area (Å²) in [6.07, 6.45) is 3.80. The lowest BCUT2D eigenvalue weighted by Crippen LogP contribution is -2.37. The molecule has 1 aliphatic heterocycles. The Morgan fingerprint density at radius 1 is 0.964 bits per heavy atom. The molecule has 28 heavy (non-hydrogen) atoms. The first-order valence-corrected chi connectivity index (χ1v) is 9.66. The Morgan fingerprint density at radius 2 is 1.64 bits per heavy atom. The fourth-order valence-corrected chi connectivity index (χ4v) is 3.56. The van der Waals surface area contributed by atoms with Gasteiger partial charge in [-0.1, -0.05) is 25.1 Å². The normalized spacial score (nSPS) is 14.8. The topological polar surface area (TPSA) is 62.3 Å². The number of nitrogens with zero attached hydrogens (tertiary/aromatic N) is 2. The van der Waals surface area contributed by atoms with Crippen LogP contribution in [0.2, 0.25) is 0 Å². The number of fused-ring (bicyclic) bond motifs is 1. The molecule has 1 aliphatic rings. The first kappa shape index (κ1) is 18.2. The van der Waals surface area contributed by atoms with E-state index < -0.39 is 0 Å². The molecule has 0 bridgehead atoms. The van der Waals surface area contributed by atoms with Crippen molar-refractivity contribution in [2.45, 2.75) is 19.8 Å². The third-order valence-corrected chi connectivity index (χ3v) is 5.35. The molecule has 5 nitrogen and oxygen atoms in total. The molecule has 2 heterocycles. The number of nitrogens with one attached hydrogen (secondary N) is 1. The standard InChI is InChI=1S/C23H23N3O2/c1-16-11-14-26(15-12-16)23(28)19-9-7-18(8-10-19)22(27)25-20-6-2-4-17-5-3-13-24-21(17)20/h2-10,13,16H,11-12,14-15H2,1H3,(H,25,27). The van der Waals surface area contributed by atoms with Crippen LogP contribution in [0.4, 0.5) is 5.69 Å². The fourth-order valence-electron chi connectivity index (χ4n) is 3.56. The fraction of sp³-hybridized carbons (Fsp3) is 0.261. The van der Waals surface area contributed by atoms with E-state index in [-0.39, 0.29) is 11.8 Å². The zero-order chi connectivity index (χ0) is 19.5. The highest BCUT2D eigenvalue weighted by molar-refractivity contribution is 6.08. The largest absolute Gasteiger partial charge is 0.339 e. The maximum absolute atomic E-state index is 12.6. The molecule has 0 unspecified atom stereocenters. The average Bonchev–Trinajstić information content (AvgIpc) is 2.74. The molecule has 0 atom stereocenters. The Labute approximate surface area is 164 Å². The number of carbonyl (C=O) groups excluding carboxylic acids is 2. The summed E-state index contributed by atoms with van der Waals surface area (Å²) in [5.74, 6) is 0.500. The van der Waals surface area contributed by atoms with Crippen LogP contribution in [0.5, 0.6) is 0 Å². The number of benzene rings is 2. The first-order chi connectivity index (χ1) is 13.6. The van der Waals surface area contributed by atoms with Crippen molar-refractivity contribution in [2.24, 2.45) is 5.92 Å². The number of rotatable bonds is 3. The zero-order valence-corrected chi connectivity index (χ0v) is 15.9. The Hall–Kier alpha value is -3.21. The molecule has 1 aromatic heterocycles. The highest BCUT2D eigenvalue weighted by Crippen LogP contribution is 2.22. The molecular weight excluding hydrogens is 350 g/mol. The van der Waals surface area contributed by atoms with Crippen molar-refractivity contribution in [3.05, 3.63) is 71.9 Å². The molecule has 4 rings (SSSR count). The Bertz CT molecular complexity index is 1000. The third-order valence-electron chi connectivity index (χ3n) is 5.35. The average molecular weight is 373 g/mol. The molecule has 1 saturated heterocycles. The lowest BCUT2D eigenvalue weighted by atomic mass is 9.98. The van der Waals surface area contributed by atoms with Gasteiger partial charge in [-0.25, -0.2) is 0 Å². The zero-order valence-electron chi connectivity index (χ0n) is 15.9. The first-order valence-electron chi connectivity index (χ1n) is 9.66.